The summed E-state index contributed by atoms with van der Waals surface area (Å²) in [5.41, 5.74) is -0.792. The fourth-order valence-corrected chi connectivity index (χ4v) is 2.54. The number of carbonyl (C=O) groups excluding carboxylic acids is 1. The Morgan fingerprint density at radius 1 is 1.39 bits per heavy atom. The van der Waals surface area contributed by atoms with E-state index in [1.807, 2.05) is 0 Å². The molecule has 0 spiro atoms. The number of carbonyl (C=O) groups is 2. The van der Waals surface area contributed by atoms with E-state index in [1.54, 1.807) is 18.7 Å². The molecule has 0 aromatic carbocycles. The summed E-state index contributed by atoms with van der Waals surface area (Å²) in [6, 6.07) is 0. The Balaban J connectivity index is 2.07. The van der Waals surface area contributed by atoms with Crippen molar-refractivity contribution in [1.82, 2.24) is 4.90 Å². The van der Waals surface area contributed by atoms with Gasteiger partial charge in [-0.3, -0.25) is 4.79 Å². The van der Waals surface area contributed by atoms with Crippen LogP contribution in [0, 0.1) is 0 Å². The Hall–Kier alpha value is -1.14. The highest BCUT2D eigenvalue weighted by Gasteiger charge is 2.43. The van der Waals surface area contributed by atoms with Crippen molar-refractivity contribution < 1.29 is 24.2 Å². The minimum Gasteiger partial charge on any atom is -0.479 e. The molecule has 3 atom stereocenters. The minimum absolute atomic E-state index is 0.0947. The molecular formula is C12H19NO5. The molecule has 2 rings (SSSR count). The molecule has 2 fully saturated rings. The third-order valence-electron chi connectivity index (χ3n) is 3.49. The lowest BCUT2D eigenvalue weighted by Gasteiger charge is -2.38. The molecule has 0 aromatic heterocycles. The van der Waals surface area contributed by atoms with Crippen LogP contribution in [0.4, 0.5) is 0 Å². The quantitative estimate of drug-likeness (QED) is 0.767. The largest absolute Gasteiger partial charge is 0.479 e. The van der Waals surface area contributed by atoms with E-state index in [4.69, 9.17) is 14.6 Å². The number of carboxylic acids is 1. The van der Waals surface area contributed by atoms with Gasteiger partial charge in [0.1, 0.15) is 5.60 Å². The second-order valence-corrected chi connectivity index (χ2v) is 5.17. The Morgan fingerprint density at radius 2 is 2.11 bits per heavy atom. The van der Waals surface area contributed by atoms with Crippen LogP contribution in [0.3, 0.4) is 0 Å². The number of rotatable bonds is 2. The molecule has 18 heavy (non-hydrogen) atoms. The average Bonchev–Trinajstić information content (AvgIpc) is 2.75. The van der Waals surface area contributed by atoms with Crippen LogP contribution in [0.1, 0.15) is 26.7 Å². The molecule has 6 heteroatoms. The van der Waals surface area contributed by atoms with Gasteiger partial charge in [-0.2, -0.15) is 0 Å². The maximum Gasteiger partial charge on any atom is 0.334 e. The zero-order chi connectivity index (χ0) is 13.3. The van der Waals surface area contributed by atoms with Crippen LogP contribution in [0.2, 0.25) is 0 Å². The van der Waals surface area contributed by atoms with Gasteiger partial charge in [0.25, 0.3) is 5.91 Å². The van der Waals surface area contributed by atoms with Crippen molar-refractivity contribution in [3.8, 4) is 0 Å². The molecule has 2 aliphatic heterocycles. The number of amides is 1. The van der Waals surface area contributed by atoms with E-state index < -0.39 is 17.7 Å². The van der Waals surface area contributed by atoms with Gasteiger partial charge in [0, 0.05) is 13.2 Å². The third kappa shape index (κ3) is 2.49. The molecule has 0 aliphatic carbocycles. The number of hydrogen-bond acceptors (Lipinski definition) is 4. The Labute approximate surface area is 106 Å². The molecule has 2 saturated heterocycles. The van der Waals surface area contributed by atoms with Crippen LogP contribution < -0.4 is 0 Å². The fraction of sp³-hybridized carbons (Fsp3) is 0.833. The zero-order valence-electron chi connectivity index (χ0n) is 10.7. The number of hydrogen-bond donors (Lipinski definition) is 1. The second kappa shape index (κ2) is 4.85. The van der Waals surface area contributed by atoms with Crippen LogP contribution in [-0.2, 0) is 19.1 Å². The number of ether oxygens (including phenoxy) is 2. The zero-order valence-corrected chi connectivity index (χ0v) is 10.7. The molecule has 0 radical (unpaired) electrons. The van der Waals surface area contributed by atoms with Gasteiger partial charge in [-0.1, -0.05) is 0 Å². The summed E-state index contributed by atoms with van der Waals surface area (Å²) >= 11 is 0. The van der Waals surface area contributed by atoms with Crippen LogP contribution in [-0.4, -0.2) is 59.4 Å². The fourth-order valence-electron chi connectivity index (χ4n) is 2.54. The first kappa shape index (κ1) is 13.3. The van der Waals surface area contributed by atoms with Crippen molar-refractivity contribution in [2.45, 2.75) is 44.5 Å². The van der Waals surface area contributed by atoms with Crippen LogP contribution in [0.15, 0.2) is 0 Å². The molecule has 102 valence electrons. The van der Waals surface area contributed by atoms with Gasteiger partial charge in [0.05, 0.1) is 12.6 Å². The minimum atomic E-state index is -1.03. The van der Waals surface area contributed by atoms with Crippen molar-refractivity contribution in [1.29, 1.82) is 0 Å². The van der Waals surface area contributed by atoms with Crippen molar-refractivity contribution in [2.75, 3.05) is 19.7 Å². The van der Waals surface area contributed by atoms with Gasteiger partial charge in [0.2, 0.25) is 0 Å². The van der Waals surface area contributed by atoms with E-state index in [9.17, 15) is 9.59 Å². The van der Waals surface area contributed by atoms with Gasteiger partial charge >= 0.3 is 5.97 Å². The molecule has 2 unspecified atom stereocenters. The second-order valence-electron chi connectivity index (χ2n) is 5.17. The summed E-state index contributed by atoms with van der Waals surface area (Å²) in [4.78, 5) is 24.9. The lowest BCUT2D eigenvalue weighted by molar-refractivity contribution is -0.173. The van der Waals surface area contributed by atoms with Gasteiger partial charge in [-0.25, -0.2) is 4.79 Å². The SMILES string of the molecule is C[C@@H]1CN(C(=O)C2(C)CCCO2)CC(C(=O)O)O1. The summed E-state index contributed by atoms with van der Waals surface area (Å²) in [5.74, 6) is -1.15. The standard InChI is InChI=1S/C12H19NO5/c1-8-6-13(7-9(18-8)10(14)15)11(16)12(2)4-3-5-17-12/h8-9H,3-7H2,1-2H3,(H,14,15)/t8-,9?,12?/m1/s1. The number of morpholine rings is 1. The summed E-state index contributed by atoms with van der Waals surface area (Å²) < 4.78 is 10.8. The highest BCUT2D eigenvalue weighted by Crippen LogP contribution is 2.28. The van der Waals surface area contributed by atoms with Crippen molar-refractivity contribution >= 4 is 11.9 Å². The monoisotopic (exact) mass is 257 g/mol. The van der Waals surface area contributed by atoms with Gasteiger partial charge in [0.15, 0.2) is 6.10 Å². The number of nitrogens with zero attached hydrogens (tertiary/aromatic N) is 1. The van der Waals surface area contributed by atoms with Crippen molar-refractivity contribution in [2.24, 2.45) is 0 Å². The van der Waals surface area contributed by atoms with E-state index in [2.05, 4.69) is 0 Å². The van der Waals surface area contributed by atoms with Crippen LogP contribution in [0.25, 0.3) is 0 Å². The Bertz CT molecular complexity index is 350. The van der Waals surface area contributed by atoms with Crippen molar-refractivity contribution in [3.63, 3.8) is 0 Å². The molecule has 1 amide bonds. The number of aliphatic carboxylic acids is 1. The predicted octanol–water partition coefficient (Wildman–Crippen LogP) is 0.256. The van der Waals surface area contributed by atoms with Gasteiger partial charge < -0.3 is 19.5 Å². The van der Waals surface area contributed by atoms with E-state index in [0.717, 1.165) is 6.42 Å². The first-order valence-corrected chi connectivity index (χ1v) is 6.24. The topological polar surface area (TPSA) is 76.1 Å². The molecule has 6 nitrogen and oxygen atoms in total. The highest BCUT2D eigenvalue weighted by molar-refractivity contribution is 5.86. The van der Waals surface area contributed by atoms with E-state index in [1.165, 1.54) is 0 Å². The lowest BCUT2D eigenvalue weighted by Crippen LogP contribution is -2.56. The third-order valence-corrected chi connectivity index (χ3v) is 3.49. The first-order chi connectivity index (χ1) is 8.42. The molecule has 1 N–H and O–H groups in total. The molecule has 0 bridgehead atoms. The molecule has 2 heterocycles. The summed E-state index contributed by atoms with van der Waals surface area (Å²) in [6.45, 7) is 4.65. The molecule has 0 saturated carbocycles. The van der Waals surface area contributed by atoms with Gasteiger partial charge in [-0.15, -0.1) is 0 Å². The van der Waals surface area contributed by atoms with E-state index in [0.29, 0.717) is 19.6 Å². The van der Waals surface area contributed by atoms with E-state index >= 15 is 0 Å². The van der Waals surface area contributed by atoms with E-state index in [-0.39, 0.29) is 18.6 Å². The number of carboxylic acid groups (broad SMARTS) is 1. The highest BCUT2D eigenvalue weighted by atomic mass is 16.5. The lowest BCUT2D eigenvalue weighted by atomic mass is 10.00. The molecule has 0 aromatic rings. The molecule has 2 aliphatic rings. The van der Waals surface area contributed by atoms with Crippen LogP contribution in [0.5, 0.6) is 0 Å². The maximum absolute atomic E-state index is 12.4. The summed E-state index contributed by atoms with van der Waals surface area (Å²) in [7, 11) is 0. The summed E-state index contributed by atoms with van der Waals surface area (Å²) in [6.07, 6.45) is 0.344. The molecular weight excluding hydrogens is 238 g/mol. The predicted molar refractivity (Wildman–Crippen MR) is 62.1 cm³/mol. The average molecular weight is 257 g/mol. The maximum atomic E-state index is 12.4. The first-order valence-electron chi connectivity index (χ1n) is 6.24. The van der Waals surface area contributed by atoms with Crippen LogP contribution >= 0.6 is 0 Å². The Kier molecular flexibility index (Phi) is 3.59. The smallest absolute Gasteiger partial charge is 0.334 e. The van der Waals surface area contributed by atoms with Gasteiger partial charge in [-0.05, 0) is 26.7 Å². The summed E-state index contributed by atoms with van der Waals surface area (Å²) in [5, 5.41) is 8.99. The Morgan fingerprint density at radius 3 is 2.67 bits per heavy atom. The van der Waals surface area contributed by atoms with Crippen molar-refractivity contribution in [3.05, 3.63) is 0 Å². The normalized spacial score (nSPS) is 36.7.